The number of carboxylic acids is 1. The molecule has 0 saturated heterocycles. The van der Waals surface area contributed by atoms with E-state index in [0.29, 0.717) is 6.54 Å². The Kier molecular flexibility index (Phi) is 7.11. The Morgan fingerprint density at radius 2 is 2.07 bits per heavy atom. The lowest BCUT2D eigenvalue weighted by Crippen LogP contribution is -2.29. The molecule has 0 saturated carbocycles. The molecule has 14 heavy (non-hydrogen) atoms. The minimum Gasteiger partial charge on any atom is -0.481 e. The van der Waals surface area contributed by atoms with E-state index in [1.807, 2.05) is 6.92 Å². The zero-order valence-corrected chi connectivity index (χ0v) is 9.25. The van der Waals surface area contributed by atoms with Gasteiger partial charge in [-0.25, -0.2) is 0 Å². The number of hydrogen-bond acceptors (Lipinski definition) is 2. The third kappa shape index (κ3) is 7.80. The smallest absolute Gasteiger partial charge is 0.304 e. The maximum Gasteiger partial charge on any atom is 0.304 e. The van der Waals surface area contributed by atoms with Crippen LogP contribution in [0.2, 0.25) is 0 Å². The van der Waals surface area contributed by atoms with Crippen molar-refractivity contribution in [2.24, 2.45) is 0 Å². The Balaban J connectivity index is 3.83. The number of hydrogen-bond donors (Lipinski definition) is 1. The zero-order valence-electron chi connectivity index (χ0n) is 9.25. The Morgan fingerprint density at radius 1 is 1.43 bits per heavy atom. The van der Waals surface area contributed by atoms with Crippen molar-refractivity contribution in [3.05, 3.63) is 12.2 Å². The molecule has 1 N–H and O–H groups in total. The highest BCUT2D eigenvalue weighted by molar-refractivity contribution is 5.66. The molecule has 0 rings (SSSR count). The first-order chi connectivity index (χ1) is 6.56. The van der Waals surface area contributed by atoms with Crippen molar-refractivity contribution >= 4 is 5.97 Å². The monoisotopic (exact) mass is 199 g/mol. The Bertz CT molecular complexity index is 190. The summed E-state index contributed by atoms with van der Waals surface area (Å²) in [7, 11) is 0. The molecule has 0 heterocycles. The summed E-state index contributed by atoms with van der Waals surface area (Å²) in [5.74, 6) is -0.729. The first kappa shape index (κ1) is 13.2. The molecule has 0 aliphatic rings. The molecule has 0 aliphatic carbocycles. The van der Waals surface area contributed by atoms with Crippen molar-refractivity contribution in [3.8, 4) is 0 Å². The fraction of sp³-hybridized carbons (Fsp3) is 0.727. The van der Waals surface area contributed by atoms with Gasteiger partial charge >= 0.3 is 5.97 Å². The quantitative estimate of drug-likeness (QED) is 0.609. The van der Waals surface area contributed by atoms with Crippen molar-refractivity contribution in [3.63, 3.8) is 0 Å². The third-order valence-corrected chi connectivity index (χ3v) is 1.96. The van der Waals surface area contributed by atoms with Gasteiger partial charge < -0.3 is 5.11 Å². The van der Waals surface area contributed by atoms with E-state index in [4.69, 9.17) is 5.11 Å². The molecule has 0 aromatic rings. The highest BCUT2D eigenvalue weighted by Gasteiger charge is 2.06. The molecule has 0 fully saturated rings. The molecule has 0 aromatic heterocycles. The second-order valence-corrected chi connectivity index (χ2v) is 3.73. The van der Waals surface area contributed by atoms with Crippen LogP contribution in [0.4, 0.5) is 0 Å². The van der Waals surface area contributed by atoms with Crippen molar-refractivity contribution in [1.82, 2.24) is 4.90 Å². The summed E-state index contributed by atoms with van der Waals surface area (Å²) in [6.45, 7) is 10.4. The average molecular weight is 199 g/mol. The highest BCUT2D eigenvalue weighted by Crippen LogP contribution is 2.00. The van der Waals surface area contributed by atoms with Crippen LogP contribution in [-0.2, 0) is 4.79 Å². The maximum absolute atomic E-state index is 10.4. The van der Waals surface area contributed by atoms with Gasteiger partial charge in [0.25, 0.3) is 0 Å². The molecule has 0 radical (unpaired) electrons. The molecule has 82 valence electrons. The van der Waals surface area contributed by atoms with E-state index < -0.39 is 5.97 Å². The van der Waals surface area contributed by atoms with Gasteiger partial charge in [0.1, 0.15) is 0 Å². The number of carboxylic acid groups (broad SMARTS) is 1. The molecule has 0 atom stereocenters. The average Bonchev–Trinajstić information content (AvgIpc) is 2.09. The summed E-state index contributed by atoms with van der Waals surface area (Å²) < 4.78 is 0. The summed E-state index contributed by atoms with van der Waals surface area (Å²) >= 11 is 0. The van der Waals surface area contributed by atoms with Crippen molar-refractivity contribution in [2.75, 3.05) is 19.6 Å². The summed E-state index contributed by atoms with van der Waals surface area (Å²) in [5, 5.41) is 8.57. The molecule has 0 amide bonds. The molecular formula is C11H21NO2. The molecule has 3 nitrogen and oxygen atoms in total. The summed E-state index contributed by atoms with van der Waals surface area (Å²) in [6.07, 6.45) is 2.48. The molecule has 3 heteroatoms. The van der Waals surface area contributed by atoms with Gasteiger partial charge in [-0.05, 0) is 19.9 Å². The van der Waals surface area contributed by atoms with Gasteiger partial charge in [0, 0.05) is 13.1 Å². The van der Waals surface area contributed by atoms with Crippen molar-refractivity contribution in [1.29, 1.82) is 0 Å². The first-order valence-corrected chi connectivity index (χ1v) is 5.14. The van der Waals surface area contributed by atoms with Crippen LogP contribution >= 0.6 is 0 Å². The van der Waals surface area contributed by atoms with Crippen LogP contribution in [0.15, 0.2) is 12.2 Å². The van der Waals surface area contributed by atoms with Gasteiger partial charge in [-0.1, -0.05) is 25.5 Å². The molecule has 0 aliphatic heterocycles. The molecule has 0 bridgehead atoms. The third-order valence-electron chi connectivity index (χ3n) is 1.96. The van der Waals surface area contributed by atoms with Crippen LogP contribution < -0.4 is 0 Å². The van der Waals surface area contributed by atoms with Crippen LogP contribution in [0.3, 0.4) is 0 Å². The fourth-order valence-corrected chi connectivity index (χ4v) is 1.29. The predicted octanol–water partition coefficient (Wildman–Crippen LogP) is 2.14. The maximum atomic E-state index is 10.4. The van der Waals surface area contributed by atoms with Crippen LogP contribution in [0.1, 0.15) is 33.1 Å². The Hall–Kier alpha value is -0.830. The largest absolute Gasteiger partial charge is 0.481 e. The second-order valence-electron chi connectivity index (χ2n) is 3.73. The molecular weight excluding hydrogens is 178 g/mol. The van der Waals surface area contributed by atoms with Crippen molar-refractivity contribution < 1.29 is 9.90 Å². The molecule has 0 unspecified atom stereocenters. The van der Waals surface area contributed by atoms with E-state index >= 15 is 0 Å². The second kappa shape index (κ2) is 7.56. The van der Waals surface area contributed by atoms with E-state index in [1.165, 1.54) is 0 Å². The summed E-state index contributed by atoms with van der Waals surface area (Å²) in [5.41, 5.74) is 1.09. The minimum absolute atomic E-state index is 0.219. The normalized spacial score (nSPS) is 10.5. The van der Waals surface area contributed by atoms with Gasteiger partial charge in [0.15, 0.2) is 0 Å². The van der Waals surface area contributed by atoms with Gasteiger partial charge in [-0.15, -0.1) is 0 Å². The van der Waals surface area contributed by atoms with E-state index in [9.17, 15) is 4.79 Å². The van der Waals surface area contributed by atoms with Gasteiger partial charge in [0.05, 0.1) is 6.42 Å². The van der Waals surface area contributed by atoms with E-state index in [0.717, 1.165) is 31.5 Å². The zero-order chi connectivity index (χ0) is 11.0. The standard InChI is InChI=1S/C11H21NO2/c1-4-5-7-12(9-10(2)3)8-6-11(13)14/h2,4-9H2,1,3H3,(H,13,14). The number of unbranched alkanes of at least 4 members (excludes halogenated alkanes) is 1. The number of rotatable bonds is 8. The van der Waals surface area contributed by atoms with E-state index in [1.54, 1.807) is 0 Å². The first-order valence-electron chi connectivity index (χ1n) is 5.14. The van der Waals surface area contributed by atoms with Crippen LogP contribution in [-0.4, -0.2) is 35.6 Å². The fourth-order valence-electron chi connectivity index (χ4n) is 1.29. The lowest BCUT2D eigenvalue weighted by Gasteiger charge is -2.21. The molecule has 0 aromatic carbocycles. The summed E-state index contributed by atoms with van der Waals surface area (Å²) in [4.78, 5) is 12.6. The van der Waals surface area contributed by atoms with E-state index in [2.05, 4.69) is 18.4 Å². The topological polar surface area (TPSA) is 40.5 Å². The minimum atomic E-state index is -0.729. The SMILES string of the molecule is C=C(C)CN(CCCC)CCC(=O)O. The van der Waals surface area contributed by atoms with Gasteiger partial charge in [0.2, 0.25) is 0 Å². The predicted molar refractivity (Wildman–Crippen MR) is 58.4 cm³/mol. The summed E-state index contributed by atoms with van der Waals surface area (Å²) in [6, 6.07) is 0. The Morgan fingerprint density at radius 3 is 2.50 bits per heavy atom. The van der Waals surface area contributed by atoms with Crippen molar-refractivity contribution in [2.45, 2.75) is 33.1 Å². The van der Waals surface area contributed by atoms with Crippen LogP contribution in [0.25, 0.3) is 0 Å². The molecule has 0 spiro atoms. The van der Waals surface area contributed by atoms with E-state index in [-0.39, 0.29) is 6.42 Å². The number of nitrogens with zero attached hydrogens (tertiary/aromatic N) is 1. The van der Waals surface area contributed by atoms with Crippen LogP contribution in [0.5, 0.6) is 0 Å². The van der Waals surface area contributed by atoms with Gasteiger partial charge in [-0.2, -0.15) is 0 Å². The number of aliphatic carboxylic acids is 1. The Labute approximate surface area is 86.4 Å². The van der Waals surface area contributed by atoms with Gasteiger partial charge in [-0.3, -0.25) is 9.69 Å². The lowest BCUT2D eigenvalue weighted by molar-refractivity contribution is -0.137. The number of carbonyl (C=O) groups is 1. The highest BCUT2D eigenvalue weighted by atomic mass is 16.4. The van der Waals surface area contributed by atoms with Crippen LogP contribution in [0, 0.1) is 0 Å². The lowest BCUT2D eigenvalue weighted by atomic mass is 10.2.